The predicted octanol–water partition coefficient (Wildman–Crippen LogP) is 4.15. The van der Waals surface area contributed by atoms with Crippen LogP contribution in [0.15, 0.2) is 85.3 Å². The number of hydrogen-bond donors (Lipinski definition) is 2. The standard InChI is InChI=1S/C28H22N8O/c1-36-14-11-22(35-36)25-24(19-9-10-21-18(15-19)8-4-12-30-21)33-26(27(29)34-25)28(37)32-16-20-6-2-5-17-7-3-13-31-23(17)20/h2-15H,16H2,1H3,(H2,29,34)(H,32,37). The highest BCUT2D eigenvalue weighted by Crippen LogP contribution is 2.31. The van der Waals surface area contributed by atoms with Crippen molar-refractivity contribution in [3.05, 3.63) is 96.6 Å². The fourth-order valence-electron chi connectivity index (χ4n) is 4.33. The van der Waals surface area contributed by atoms with Gasteiger partial charge in [-0.05, 0) is 35.9 Å². The number of amides is 1. The van der Waals surface area contributed by atoms with E-state index in [1.807, 2.05) is 80.0 Å². The number of benzene rings is 2. The largest absolute Gasteiger partial charge is 0.382 e. The minimum Gasteiger partial charge on any atom is -0.382 e. The third-order valence-corrected chi connectivity index (χ3v) is 6.13. The first-order valence-electron chi connectivity index (χ1n) is 11.7. The van der Waals surface area contributed by atoms with E-state index in [1.165, 1.54) is 0 Å². The van der Waals surface area contributed by atoms with Gasteiger partial charge in [-0.1, -0.05) is 36.4 Å². The van der Waals surface area contributed by atoms with Gasteiger partial charge in [-0.2, -0.15) is 5.10 Å². The van der Waals surface area contributed by atoms with Crippen LogP contribution < -0.4 is 11.1 Å². The van der Waals surface area contributed by atoms with Gasteiger partial charge in [-0.25, -0.2) is 9.97 Å². The van der Waals surface area contributed by atoms with Crippen LogP contribution in [0.5, 0.6) is 0 Å². The number of fused-ring (bicyclic) bond motifs is 2. The van der Waals surface area contributed by atoms with Gasteiger partial charge < -0.3 is 11.1 Å². The Kier molecular flexibility index (Phi) is 5.49. The normalized spacial score (nSPS) is 11.2. The highest BCUT2D eigenvalue weighted by molar-refractivity contribution is 5.98. The SMILES string of the molecule is Cn1ccc(-c2nc(N)c(C(=O)NCc3cccc4cccnc34)nc2-c2ccc3ncccc3c2)n1. The summed E-state index contributed by atoms with van der Waals surface area (Å²) in [7, 11) is 1.83. The molecule has 0 fully saturated rings. The maximum absolute atomic E-state index is 13.3. The Labute approximate surface area is 212 Å². The molecule has 2 aromatic carbocycles. The Morgan fingerprint density at radius 1 is 0.919 bits per heavy atom. The molecule has 0 aliphatic heterocycles. The molecule has 6 rings (SSSR count). The first-order chi connectivity index (χ1) is 18.1. The van der Waals surface area contributed by atoms with E-state index in [0.29, 0.717) is 17.1 Å². The summed E-state index contributed by atoms with van der Waals surface area (Å²) in [6.45, 7) is 0.271. The molecule has 3 N–H and O–H groups in total. The molecule has 0 atom stereocenters. The maximum atomic E-state index is 13.3. The molecule has 0 aliphatic carbocycles. The van der Waals surface area contributed by atoms with Crippen molar-refractivity contribution in [1.29, 1.82) is 0 Å². The van der Waals surface area contributed by atoms with Gasteiger partial charge in [0.1, 0.15) is 11.4 Å². The van der Waals surface area contributed by atoms with Gasteiger partial charge >= 0.3 is 0 Å². The smallest absolute Gasteiger partial charge is 0.274 e. The molecule has 0 radical (unpaired) electrons. The Morgan fingerprint density at radius 3 is 2.57 bits per heavy atom. The second kappa shape index (κ2) is 9.12. The molecule has 180 valence electrons. The number of nitrogens with two attached hydrogens (primary N) is 1. The lowest BCUT2D eigenvalue weighted by atomic mass is 10.0. The van der Waals surface area contributed by atoms with Crippen LogP contribution in [0, 0.1) is 0 Å². The third-order valence-electron chi connectivity index (χ3n) is 6.13. The van der Waals surface area contributed by atoms with Crippen molar-refractivity contribution < 1.29 is 4.79 Å². The van der Waals surface area contributed by atoms with Gasteiger partial charge in [0.05, 0.1) is 16.7 Å². The second-order valence-corrected chi connectivity index (χ2v) is 8.62. The van der Waals surface area contributed by atoms with Crippen molar-refractivity contribution >= 4 is 33.5 Å². The van der Waals surface area contributed by atoms with E-state index >= 15 is 0 Å². The average molecular weight is 487 g/mol. The molecule has 0 bridgehead atoms. The van der Waals surface area contributed by atoms with E-state index in [1.54, 1.807) is 17.1 Å². The van der Waals surface area contributed by atoms with Crippen LogP contribution in [-0.2, 0) is 13.6 Å². The number of anilines is 1. The van der Waals surface area contributed by atoms with Crippen LogP contribution in [0.2, 0.25) is 0 Å². The molecule has 0 spiro atoms. The van der Waals surface area contributed by atoms with Crippen LogP contribution >= 0.6 is 0 Å². The second-order valence-electron chi connectivity index (χ2n) is 8.62. The van der Waals surface area contributed by atoms with Gasteiger partial charge in [0.25, 0.3) is 5.91 Å². The molecule has 1 amide bonds. The summed E-state index contributed by atoms with van der Waals surface area (Å²) >= 11 is 0. The molecule has 4 aromatic heterocycles. The Morgan fingerprint density at radius 2 is 1.73 bits per heavy atom. The number of aromatic nitrogens is 6. The summed E-state index contributed by atoms with van der Waals surface area (Å²) < 4.78 is 1.68. The molecular formula is C28H22N8O. The molecule has 0 unspecified atom stereocenters. The van der Waals surface area contributed by atoms with Gasteiger partial charge in [0.2, 0.25) is 0 Å². The lowest BCUT2D eigenvalue weighted by Crippen LogP contribution is -2.26. The Balaban J connectivity index is 1.40. The van der Waals surface area contributed by atoms with Crippen LogP contribution in [-0.4, -0.2) is 35.6 Å². The predicted molar refractivity (Wildman–Crippen MR) is 142 cm³/mol. The van der Waals surface area contributed by atoms with Crippen LogP contribution in [0.25, 0.3) is 44.5 Å². The summed E-state index contributed by atoms with van der Waals surface area (Å²) in [4.78, 5) is 31.4. The molecule has 37 heavy (non-hydrogen) atoms. The number of nitrogens with one attached hydrogen (secondary N) is 1. The van der Waals surface area contributed by atoms with E-state index in [0.717, 1.165) is 32.9 Å². The molecule has 4 heterocycles. The molecule has 0 aliphatic rings. The number of nitrogens with zero attached hydrogens (tertiary/aromatic N) is 6. The van der Waals surface area contributed by atoms with E-state index in [4.69, 9.17) is 10.7 Å². The number of aryl methyl sites for hydroxylation is 1. The number of nitrogen functional groups attached to an aromatic ring is 1. The van der Waals surface area contributed by atoms with E-state index in [-0.39, 0.29) is 18.1 Å². The molecular weight excluding hydrogens is 464 g/mol. The molecule has 0 saturated carbocycles. The maximum Gasteiger partial charge on any atom is 0.274 e. The molecule has 6 aromatic rings. The minimum absolute atomic E-state index is 0.0282. The number of hydrogen-bond acceptors (Lipinski definition) is 7. The van der Waals surface area contributed by atoms with Gasteiger partial charge in [-0.15, -0.1) is 0 Å². The molecule has 0 saturated heterocycles. The lowest BCUT2D eigenvalue weighted by molar-refractivity contribution is 0.0947. The fraction of sp³-hybridized carbons (Fsp3) is 0.0714. The zero-order valence-corrected chi connectivity index (χ0v) is 20.0. The van der Waals surface area contributed by atoms with Crippen molar-refractivity contribution in [2.45, 2.75) is 6.54 Å². The number of para-hydroxylation sites is 1. The average Bonchev–Trinajstić information content (AvgIpc) is 3.37. The van der Waals surface area contributed by atoms with Crippen molar-refractivity contribution in [1.82, 2.24) is 35.0 Å². The monoisotopic (exact) mass is 486 g/mol. The van der Waals surface area contributed by atoms with Crippen LogP contribution in [0.3, 0.4) is 0 Å². The quantitative estimate of drug-likeness (QED) is 0.375. The Bertz CT molecular complexity index is 1790. The summed E-state index contributed by atoms with van der Waals surface area (Å²) in [6.07, 6.45) is 5.30. The summed E-state index contributed by atoms with van der Waals surface area (Å²) in [5.74, 6) is -0.394. The fourth-order valence-corrected chi connectivity index (χ4v) is 4.33. The van der Waals surface area contributed by atoms with Crippen molar-refractivity contribution in [2.75, 3.05) is 5.73 Å². The number of carbonyl (C=O) groups excluding carboxylic acids is 1. The molecule has 9 nitrogen and oxygen atoms in total. The van der Waals surface area contributed by atoms with E-state index in [2.05, 4.69) is 25.4 Å². The van der Waals surface area contributed by atoms with E-state index in [9.17, 15) is 4.79 Å². The summed E-state index contributed by atoms with van der Waals surface area (Å²) in [5, 5.41) is 9.36. The first-order valence-corrected chi connectivity index (χ1v) is 11.7. The highest BCUT2D eigenvalue weighted by atomic mass is 16.1. The van der Waals surface area contributed by atoms with Gasteiger partial charge in [0.15, 0.2) is 11.5 Å². The zero-order chi connectivity index (χ0) is 25.4. The minimum atomic E-state index is -0.422. The van der Waals surface area contributed by atoms with Crippen LogP contribution in [0.1, 0.15) is 16.1 Å². The molecule has 9 heteroatoms. The topological polar surface area (TPSA) is 124 Å². The van der Waals surface area contributed by atoms with Crippen molar-refractivity contribution in [3.63, 3.8) is 0 Å². The van der Waals surface area contributed by atoms with Crippen LogP contribution in [0.4, 0.5) is 5.82 Å². The van der Waals surface area contributed by atoms with Gasteiger partial charge in [0, 0.05) is 48.5 Å². The third kappa shape index (κ3) is 4.23. The van der Waals surface area contributed by atoms with Crippen molar-refractivity contribution in [3.8, 4) is 22.6 Å². The van der Waals surface area contributed by atoms with E-state index < -0.39 is 5.91 Å². The summed E-state index contributed by atoms with van der Waals surface area (Å²) in [5.41, 5.74) is 11.3. The van der Waals surface area contributed by atoms with Gasteiger partial charge in [-0.3, -0.25) is 19.4 Å². The Hall–Kier alpha value is -5.18. The first kappa shape index (κ1) is 22.3. The lowest BCUT2D eigenvalue weighted by Gasteiger charge is -2.13. The van der Waals surface area contributed by atoms with Crippen molar-refractivity contribution in [2.24, 2.45) is 7.05 Å². The summed E-state index contributed by atoms with van der Waals surface area (Å²) in [6, 6.07) is 21.2. The zero-order valence-electron chi connectivity index (χ0n) is 20.0. The number of carbonyl (C=O) groups is 1. The number of pyridine rings is 2. The number of rotatable bonds is 5. The highest BCUT2D eigenvalue weighted by Gasteiger charge is 2.21.